The first-order valence-electron chi connectivity index (χ1n) is 13.0. The van der Waals surface area contributed by atoms with Gasteiger partial charge >= 0.3 is 0 Å². The Balaban J connectivity index is 1.36. The van der Waals surface area contributed by atoms with E-state index in [1.807, 2.05) is 48.5 Å². The van der Waals surface area contributed by atoms with Crippen molar-refractivity contribution in [2.24, 2.45) is 0 Å². The zero-order valence-electron chi connectivity index (χ0n) is 21.2. The van der Waals surface area contributed by atoms with Gasteiger partial charge in [-0.05, 0) is 79.2 Å². The van der Waals surface area contributed by atoms with E-state index in [9.17, 15) is 0 Å². The molecule has 0 bridgehead atoms. The van der Waals surface area contributed by atoms with E-state index >= 15 is 4.39 Å². The third kappa shape index (κ3) is 6.58. The van der Waals surface area contributed by atoms with Gasteiger partial charge in [0.2, 0.25) is 5.95 Å². The second-order valence-electron chi connectivity index (χ2n) is 9.31. The molecule has 1 aromatic heterocycles. The molecule has 3 aromatic carbocycles. The first-order chi connectivity index (χ1) is 18.6. The van der Waals surface area contributed by atoms with Gasteiger partial charge in [0.1, 0.15) is 5.75 Å². The van der Waals surface area contributed by atoms with E-state index in [1.54, 1.807) is 18.3 Å². The second kappa shape index (κ2) is 12.5. The lowest BCUT2D eigenvalue weighted by Crippen LogP contribution is -2.23. The van der Waals surface area contributed by atoms with E-state index in [4.69, 9.17) is 21.3 Å². The fraction of sp³-hybridized carbons (Fsp3) is 0.267. The molecule has 1 heterocycles. The molecule has 0 unspecified atom stereocenters. The van der Waals surface area contributed by atoms with Crippen molar-refractivity contribution in [3.05, 3.63) is 89.3 Å². The standard InChI is InChI=1S/C30H30ClFN4OS/c1-2-20-12-14-23(26-16-17-33-30(35-26)34-21-8-4-3-5-9-21)28(18-20)37-27-15-13-22(19-25(27)32)36-38-29-11-7-6-10-24(29)31/h6-7,10-19,21,36H,2-5,8-9H2,1H3,(H,33,34,35). The minimum absolute atomic E-state index is 0.141. The van der Waals surface area contributed by atoms with Crippen LogP contribution in [0.25, 0.3) is 11.3 Å². The Morgan fingerprint density at radius 3 is 2.63 bits per heavy atom. The van der Waals surface area contributed by atoms with Crippen LogP contribution >= 0.6 is 23.5 Å². The molecule has 4 aromatic rings. The molecule has 5 rings (SSSR count). The van der Waals surface area contributed by atoms with Gasteiger partial charge < -0.3 is 14.8 Å². The largest absolute Gasteiger partial charge is 0.454 e. The number of benzene rings is 3. The fourth-order valence-corrected chi connectivity index (χ4v) is 5.42. The lowest BCUT2D eigenvalue weighted by Gasteiger charge is -2.22. The van der Waals surface area contributed by atoms with E-state index in [2.05, 4.69) is 21.9 Å². The van der Waals surface area contributed by atoms with E-state index in [0.717, 1.165) is 41.0 Å². The average molecular weight is 549 g/mol. The number of hydrogen-bond acceptors (Lipinski definition) is 6. The number of nitrogens with zero attached hydrogens (tertiary/aromatic N) is 2. The Morgan fingerprint density at radius 1 is 1.00 bits per heavy atom. The number of ether oxygens (including phenoxy) is 1. The highest BCUT2D eigenvalue weighted by atomic mass is 35.5. The number of aromatic nitrogens is 2. The Morgan fingerprint density at radius 2 is 1.84 bits per heavy atom. The molecule has 8 heteroatoms. The first-order valence-corrected chi connectivity index (χ1v) is 14.2. The zero-order valence-corrected chi connectivity index (χ0v) is 22.8. The summed E-state index contributed by atoms with van der Waals surface area (Å²) in [6.45, 7) is 2.08. The number of hydrogen-bond donors (Lipinski definition) is 2. The minimum Gasteiger partial charge on any atom is -0.454 e. The van der Waals surface area contributed by atoms with Crippen molar-refractivity contribution in [3.63, 3.8) is 0 Å². The summed E-state index contributed by atoms with van der Waals surface area (Å²) in [5.41, 5.74) is 3.21. The van der Waals surface area contributed by atoms with Gasteiger partial charge in [0.05, 0.1) is 10.7 Å². The SMILES string of the molecule is CCc1ccc(-c2ccnc(NC3CCCCC3)n2)c(Oc2ccc(NSc3ccccc3Cl)cc2F)c1. The van der Waals surface area contributed by atoms with Crippen LogP contribution in [-0.4, -0.2) is 16.0 Å². The fourth-order valence-electron chi connectivity index (χ4n) is 4.50. The van der Waals surface area contributed by atoms with Crippen LogP contribution in [0, 0.1) is 5.82 Å². The van der Waals surface area contributed by atoms with E-state index in [0.29, 0.717) is 28.4 Å². The predicted molar refractivity (Wildman–Crippen MR) is 155 cm³/mol. The average Bonchev–Trinajstić information content (AvgIpc) is 2.94. The van der Waals surface area contributed by atoms with Gasteiger partial charge in [-0.3, -0.25) is 0 Å². The summed E-state index contributed by atoms with van der Waals surface area (Å²) < 4.78 is 24.4. The molecule has 0 aliphatic heterocycles. The predicted octanol–water partition coefficient (Wildman–Crippen LogP) is 9.15. The minimum atomic E-state index is -0.468. The first kappa shape index (κ1) is 26.3. The van der Waals surface area contributed by atoms with Crippen molar-refractivity contribution in [3.8, 4) is 22.8 Å². The van der Waals surface area contributed by atoms with Crippen molar-refractivity contribution in [1.82, 2.24) is 9.97 Å². The van der Waals surface area contributed by atoms with Crippen LogP contribution in [-0.2, 0) is 6.42 Å². The second-order valence-corrected chi connectivity index (χ2v) is 10.6. The van der Waals surface area contributed by atoms with Gasteiger partial charge in [-0.2, -0.15) is 0 Å². The smallest absolute Gasteiger partial charge is 0.223 e. The summed E-state index contributed by atoms with van der Waals surface area (Å²) in [7, 11) is 0. The van der Waals surface area contributed by atoms with Gasteiger partial charge in [0.25, 0.3) is 0 Å². The summed E-state index contributed by atoms with van der Waals surface area (Å²) in [4.78, 5) is 10.1. The van der Waals surface area contributed by atoms with E-state index < -0.39 is 5.82 Å². The quantitative estimate of drug-likeness (QED) is 0.203. The highest BCUT2D eigenvalue weighted by Crippen LogP contribution is 2.36. The molecule has 1 aliphatic carbocycles. The molecule has 196 valence electrons. The van der Waals surface area contributed by atoms with Gasteiger partial charge in [-0.1, -0.05) is 56.0 Å². The molecule has 1 aliphatic rings. The van der Waals surface area contributed by atoms with Crippen molar-refractivity contribution < 1.29 is 9.13 Å². The Hall–Kier alpha value is -3.29. The van der Waals surface area contributed by atoms with Gasteiger partial charge in [-0.25, -0.2) is 14.4 Å². The number of nitrogens with one attached hydrogen (secondary N) is 2. The lowest BCUT2D eigenvalue weighted by atomic mass is 9.96. The van der Waals surface area contributed by atoms with Crippen molar-refractivity contribution in [1.29, 1.82) is 0 Å². The summed E-state index contributed by atoms with van der Waals surface area (Å²) in [6.07, 6.45) is 8.60. The molecule has 0 atom stereocenters. The third-order valence-corrected chi connectivity index (χ3v) is 7.95. The van der Waals surface area contributed by atoms with Crippen LogP contribution in [0.3, 0.4) is 0 Å². The molecule has 2 N–H and O–H groups in total. The number of aryl methyl sites for hydroxylation is 1. The summed E-state index contributed by atoms with van der Waals surface area (Å²) in [5.74, 6) is 0.835. The number of halogens is 2. The molecule has 1 fully saturated rings. The molecule has 0 saturated heterocycles. The third-order valence-electron chi connectivity index (χ3n) is 6.59. The number of rotatable bonds is 9. The van der Waals surface area contributed by atoms with Crippen LogP contribution in [0.15, 0.2) is 77.8 Å². The highest BCUT2D eigenvalue weighted by molar-refractivity contribution is 8.00. The van der Waals surface area contributed by atoms with Crippen molar-refractivity contribution in [2.75, 3.05) is 10.0 Å². The summed E-state index contributed by atoms with van der Waals surface area (Å²) in [6, 6.07) is 20.6. The van der Waals surface area contributed by atoms with Crippen LogP contribution in [0.4, 0.5) is 16.0 Å². The Bertz CT molecular complexity index is 1400. The maximum Gasteiger partial charge on any atom is 0.223 e. The molecule has 0 spiro atoms. The Labute approximate surface area is 232 Å². The normalized spacial score (nSPS) is 13.8. The topological polar surface area (TPSA) is 59.1 Å². The lowest BCUT2D eigenvalue weighted by molar-refractivity contribution is 0.443. The molecule has 0 amide bonds. The van der Waals surface area contributed by atoms with Crippen molar-refractivity contribution in [2.45, 2.75) is 56.4 Å². The van der Waals surface area contributed by atoms with Crippen LogP contribution in [0.1, 0.15) is 44.6 Å². The molecule has 38 heavy (non-hydrogen) atoms. The highest BCUT2D eigenvalue weighted by Gasteiger charge is 2.17. The molecular formula is C30H30ClFN4OS. The maximum atomic E-state index is 15.1. The molecule has 1 saturated carbocycles. The summed E-state index contributed by atoms with van der Waals surface area (Å²) >= 11 is 7.55. The summed E-state index contributed by atoms with van der Waals surface area (Å²) in [5, 5.41) is 4.12. The maximum absolute atomic E-state index is 15.1. The van der Waals surface area contributed by atoms with Crippen molar-refractivity contribution >= 4 is 35.2 Å². The Kier molecular flexibility index (Phi) is 8.66. The monoisotopic (exact) mass is 548 g/mol. The van der Waals surface area contributed by atoms with Gasteiger partial charge in [0.15, 0.2) is 11.6 Å². The zero-order chi connectivity index (χ0) is 26.3. The van der Waals surface area contributed by atoms with Crippen LogP contribution in [0.2, 0.25) is 5.02 Å². The molecular weight excluding hydrogens is 519 g/mol. The van der Waals surface area contributed by atoms with Crippen LogP contribution in [0.5, 0.6) is 11.5 Å². The van der Waals surface area contributed by atoms with Crippen LogP contribution < -0.4 is 14.8 Å². The van der Waals surface area contributed by atoms with Gasteiger partial charge in [-0.15, -0.1) is 0 Å². The molecule has 0 radical (unpaired) electrons. The number of anilines is 2. The molecule has 5 nitrogen and oxygen atoms in total. The van der Waals surface area contributed by atoms with Gasteiger partial charge in [0, 0.05) is 34.5 Å². The van der Waals surface area contributed by atoms with E-state index in [-0.39, 0.29) is 5.75 Å². The van der Waals surface area contributed by atoms with E-state index in [1.165, 1.54) is 37.3 Å².